The zero-order valence-corrected chi connectivity index (χ0v) is 26.4. The van der Waals surface area contributed by atoms with Crippen LogP contribution in [0.5, 0.6) is 0 Å². The number of likely N-dealkylation sites (tertiary alicyclic amines) is 1. The van der Waals surface area contributed by atoms with Crippen LogP contribution in [-0.4, -0.2) is 95.2 Å². The fourth-order valence-electron chi connectivity index (χ4n) is 4.91. The van der Waals surface area contributed by atoms with Crippen LogP contribution in [0.3, 0.4) is 0 Å². The van der Waals surface area contributed by atoms with E-state index in [4.69, 9.17) is 10.5 Å². The third kappa shape index (κ3) is 11.7. The summed E-state index contributed by atoms with van der Waals surface area (Å²) in [5.41, 5.74) is 6.34. The molecule has 1 aliphatic rings. The Morgan fingerprint density at radius 2 is 1.77 bits per heavy atom. The van der Waals surface area contributed by atoms with Gasteiger partial charge in [0.1, 0.15) is 24.2 Å². The van der Waals surface area contributed by atoms with Crippen LogP contribution in [0, 0.1) is 5.92 Å². The van der Waals surface area contributed by atoms with Gasteiger partial charge in [0.25, 0.3) is 0 Å². The van der Waals surface area contributed by atoms with E-state index in [1.165, 1.54) is 16.7 Å². The number of nitrogens with zero attached hydrogens (tertiary/aromatic N) is 1. The molecule has 1 saturated heterocycles. The third-order valence-electron chi connectivity index (χ3n) is 7.16. The number of hydrogen-bond acceptors (Lipinski definition) is 8. The predicted molar refractivity (Wildman–Crippen MR) is 165 cm³/mol. The molecule has 6 N–H and O–H groups in total. The van der Waals surface area contributed by atoms with Crippen molar-refractivity contribution in [3.8, 4) is 0 Å². The van der Waals surface area contributed by atoms with Gasteiger partial charge in [-0.05, 0) is 69.1 Å². The SMILES string of the molecule is CSCCC(NC(=O)OCC(C)C)C(=O)NC1CC(C)N(C(Cc2ccccc2)C(=O)NC(CCCCN)C(=O)O)C1=O. The first kappa shape index (κ1) is 35.9. The van der Waals surface area contributed by atoms with Crippen LogP contribution in [-0.2, 0) is 30.3 Å². The van der Waals surface area contributed by atoms with Crippen molar-refractivity contribution in [2.24, 2.45) is 11.7 Å². The number of nitrogens with one attached hydrogen (secondary N) is 3. The molecule has 0 radical (unpaired) electrons. The molecule has 1 aliphatic heterocycles. The number of unbranched alkanes of at least 4 members (excludes halogenated alkanes) is 1. The van der Waals surface area contributed by atoms with Gasteiger partial charge in [0.2, 0.25) is 17.7 Å². The number of alkyl carbamates (subject to hydrolysis) is 1. The van der Waals surface area contributed by atoms with Crippen molar-refractivity contribution >= 4 is 41.5 Å². The van der Waals surface area contributed by atoms with Crippen molar-refractivity contribution in [3.05, 3.63) is 35.9 Å². The zero-order valence-electron chi connectivity index (χ0n) is 25.5. The smallest absolute Gasteiger partial charge is 0.407 e. The van der Waals surface area contributed by atoms with Gasteiger partial charge in [-0.2, -0.15) is 11.8 Å². The number of amides is 4. The fraction of sp³-hybridized carbons (Fsp3) is 0.633. The zero-order chi connectivity index (χ0) is 31.9. The summed E-state index contributed by atoms with van der Waals surface area (Å²) in [6.45, 7) is 6.21. The van der Waals surface area contributed by atoms with Crippen molar-refractivity contribution in [2.75, 3.05) is 25.2 Å². The average molecular weight is 622 g/mol. The lowest BCUT2D eigenvalue weighted by Crippen LogP contribution is -2.56. The molecule has 0 bridgehead atoms. The Labute approximate surface area is 258 Å². The van der Waals surface area contributed by atoms with Crippen LogP contribution in [0.15, 0.2) is 30.3 Å². The predicted octanol–water partition coefficient (Wildman–Crippen LogP) is 1.91. The minimum Gasteiger partial charge on any atom is -0.480 e. The highest BCUT2D eigenvalue weighted by Crippen LogP contribution is 2.25. The lowest BCUT2D eigenvalue weighted by atomic mass is 10.0. The van der Waals surface area contributed by atoms with Crippen LogP contribution >= 0.6 is 11.8 Å². The molecule has 13 heteroatoms. The maximum absolute atomic E-state index is 13.7. The number of aliphatic carboxylic acids is 1. The van der Waals surface area contributed by atoms with Crippen molar-refractivity contribution in [1.82, 2.24) is 20.9 Å². The summed E-state index contributed by atoms with van der Waals surface area (Å²) in [7, 11) is 0. The summed E-state index contributed by atoms with van der Waals surface area (Å²) >= 11 is 1.52. The van der Waals surface area contributed by atoms with Gasteiger partial charge >= 0.3 is 12.1 Å². The Kier molecular flexibility index (Phi) is 15.3. The van der Waals surface area contributed by atoms with Gasteiger partial charge < -0.3 is 36.4 Å². The minimum atomic E-state index is -1.16. The van der Waals surface area contributed by atoms with Crippen molar-refractivity contribution in [2.45, 2.75) is 89.5 Å². The van der Waals surface area contributed by atoms with E-state index in [2.05, 4.69) is 16.0 Å². The molecule has 1 fully saturated rings. The summed E-state index contributed by atoms with van der Waals surface area (Å²) in [5.74, 6) is -1.98. The Balaban J connectivity index is 2.23. The Morgan fingerprint density at radius 1 is 1.07 bits per heavy atom. The van der Waals surface area contributed by atoms with E-state index < -0.39 is 60.0 Å². The molecule has 0 aromatic heterocycles. The molecule has 5 unspecified atom stereocenters. The molecule has 1 heterocycles. The molecule has 0 saturated carbocycles. The van der Waals surface area contributed by atoms with Crippen LogP contribution in [0.2, 0.25) is 0 Å². The third-order valence-corrected chi connectivity index (χ3v) is 7.80. The first-order valence-corrected chi connectivity index (χ1v) is 16.2. The largest absolute Gasteiger partial charge is 0.480 e. The minimum absolute atomic E-state index is 0.130. The number of carbonyl (C=O) groups excluding carboxylic acids is 4. The van der Waals surface area contributed by atoms with Gasteiger partial charge in [-0.15, -0.1) is 0 Å². The first-order chi connectivity index (χ1) is 20.5. The second kappa shape index (κ2) is 18.4. The van der Waals surface area contributed by atoms with Gasteiger partial charge in [0.05, 0.1) is 6.61 Å². The molecule has 1 aromatic rings. The van der Waals surface area contributed by atoms with E-state index in [-0.39, 0.29) is 31.8 Å². The summed E-state index contributed by atoms with van der Waals surface area (Å²) in [5, 5.41) is 17.7. The Bertz CT molecular complexity index is 1070. The van der Waals surface area contributed by atoms with E-state index in [0.29, 0.717) is 31.6 Å². The van der Waals surface area contributed by atoms with E-state index >= 15 is 0 Å². The number of rotatable bonds is 18. The fourth-order valence-corrected chi connectivity index (χ4v) is 5.38. The molecule has 240 valence electrons. The van der Waals surface area contributed by atoms with E-state index in [9.17, 15) is 29.1 Å². The number of carboxylic acids is 1. The quantitative estimate of drug-likeness (QED) is 0.153. The standard InChI is InChI=1S/C30H47N5O7S/c1-19(2)18-42-30(41)34-22(13-15-43-4)26(36)33-24-16-20(3)35(28(24)38)25(17-21-10-6-5-7-11-21)27(37)32-23(29(39)40)12-8-9-14-31/h5-7,10-11,19-20,22-25H,8-9,12-18,31H2,1-4H3,(H,32,37)(H,33,36)(H,34,41)(H,39,40). The number of nitrogens with two attached hydrogens (primary N) is 1. The molecule has 0 aliphatic carbocycles. The summed E-state index contributed by atoms with van der Waals surface area (Å²) in [6, 6.07) is 4.78. The van der Waals surface area contributed by atoms with Crippen LogP contribution in [0.1, 0.15) is 58.4 Å². The van der Waals surface area contributed by atoms with E-state index in [1.807, 2.05) is 50.4 Å². The molecular formula is C30H47N5O7S. The normalized spacial score (nSPS) is 18.6. The van der Waals surface area contributed by atoms with Crippen LogP contribution in [0.25, 0.3) is 0 Å². The molecular weight excluding hydrogens is 574 g/mol. The monoisotopic (exact) mass is 621 g/mol. The summed E-state index contributed by atoms with van der Waals surface area (Å²) in [6.07, 6.45) is 3.29. The van der Waals surface area contributed by atoms with Crippen LogP contribution < -0.4 is 21.7 Å². The number of carbonyl (C=O) groups is 5. The van der Waals surface area contributed by atoms with Crippen molar-refractivity contribution < 1.29 is 33.8 Å². The van der Waals surface area contributed by atoms with Crippen molar-refractivity contribution in [3.63, 3.8) is 0 Å². The number of benzene rings is 1. The average Bonchev–Trinajstić information content (AvgIpc) is 3.24. The van der Waals surface area contributed by atoms with Crippen LogP contribution in [0.4, 0.5) is 4.79 Å². The number of hydrogen-bond donors (Lipinski definition) is 5. The Morgan fingerprint density at radius 3 is 2.37 bits per heavy atom. The number of carboxylic acid groups (broad SMARTS) is 1. The van der Waals surface area contributed by atoms with Gasteiger partial charge in [-0.3, -0.25) is 14.4 Å². The lowest BCUT2D eigenvalue weighted by molar-refractivity contribution is -0.145. The second-order valence-corrected chi connectivity index (χ2v) is 12.2. The summed E-state index contributed by atoms with van der Waals surface area (Å²) < 4.78 is 5.18. The number of ether oxygens (including phenoxy) is 1. The summed E-state index contributed by atoms with van der Waals surface area (Å²) in [4.78, 5) is 66.3. The van der Waals surface area contributed by atoms with Gasteiger partial charge in [0.15, 0.2) is 0 Å². The number of thioether (sulfide) groups is 1. The highest BCUT2D eigenvalue weighted by atomic mass is 32.2. The topological polar surface area (TPSA) is 180 Å². The lowest BCUT2D eigenvalue weighted by Gasteiger charge is -2.32. The highest BCUT2D eigenvalue weighted by molar-refractivity contribution is 7.98. The Hall–Kier alpha value is -3.32. The van der Waals surface area contributed by atoms with E-state index in [1.54, 1.807) is 6.92 Å². The maximum atomic E-state index is 13.7. The van der Waals surface area contributed by atoms with Crippen molar-refractivity contribution in [1.29, 1.82) is 0 Å². The van der Waals surface area contributed by atoms with E-state index in [0.717, 1.165) is 5.56 Å². The molecule has 5 atom stereocenters. The molecule has 2 rings (SSSR count). The molecule has 12 nitrogen and oxygen atoms in total. The second-order valence-electron chi connectivity index (χ2n) is 11.3. The van der Waals surface area contributed by atoms with Gasteiger partial charge in [-0.1, -0.05) is 44.2 Å². The molecule has 4 amide bonds. The maximum Gasteiger partial charge on any atom is 0.407 e. The molecule has 43 heavy (non-hydrogen) atoms. The first-order valence-electron chi connectivity index (χ1n) is 14.8. The molecule has 1 aromatic carbocycles. The highest BCUT2D eigenvalue weighted by Gasteiger charge is 2.45. The molecule has 0 spiro atoms. The van der Waals surface area contributed by atoms with Gasteiger partial charge in [0, 0.05) is 12.5 Å². The van der Waals surface area contributed by atoms with Gasteiger partial charge in [-0.25, -0.2) is 9.59 Å².